The number of halogens is 1. The van der Waals surface area contributed by atoms with Crippen molar-refractivity contribution in [3.63, 3.8) is 0 Å². The molecule has 0 aliphatic heterocycles. The summed E-state index contributed by atoms with van der Waals surface area (Å²) in [7, 11) is 0. The van der Waals surface area contributed by atoms with Crippen molar-refractivity contribution in [1.29, 1.82) is 0 Å². The number of thioether (sulfide) groups is 1. The molecule has 7 heteroatoms. The van der Waals surface area contributed by atoms with E-state index in [9.17, 15) is 9.59 Å². The Morgan fingerprint density at radius 1 is 1.39 bits per heavy atom. The van der Waals surface area contributed by atoms with E-state index in [1.807, 2.05) is 19.9 Å². The van der Waals surface area contributed by atoms with E-state index in [1.165, 1.54) is 17.8 Å². The van der Waals surface area contributed by atoms with Gasteiger partial charge in [-0.05, 0) is 31.0 Å². The normalized spacial score (nSPS) is 10.6. The molecular weight excluding hydrogens is 334 g/mol. The number of rotatable bonds is 6. The van der Waals surface area contributed by atoms with Crippen LogP contribution in [0.2, 0.25) is 5.02 Å². The van der Waals surface area contributed by atoms with Gasteiger partial charge in [0.25, 0.3) is 5.56 Å². The summed E-state index contributed by atoms with van der Waals surface area (Å²) in [5.41, 5.74) is 2.14. The lowest BCUT2D eigenvalue weighted by molar-refractivity contribution is -0.113. The summed E-state index contributed by atoms with van der Waals surface area (Å²) in [6, 6.07) is 6.84. The Morgan fingerprint density at radius 2 is 2.17 bits per heavy atom. The molecule has 2 rings (SSSR count). The minimum Gasteiger partial charge on any atom is -0.325 e. The Kier molecular flexibility index (Phi) is 6.24. The number of carbonyl (C=O) groups excluding carboxylic acids is 1. The van der Waals surface area contributed by atoms with Gasteiger partial charge in [0.1, 0.15) is 0 Å². The molecule has 0 unspecified atom stereocenters. The zero-order valence-corrected chi connectivity index (χ0v) is 14.6. The quantitative estimate of drug-likeness (QED) is 0.617. The molecule has 0 spiro atoms. The van der Waals surface area contributed by atoms with E-state index in [0.717, 1.165) is 24.1 Å². The SMILES string of the molecule is CCCc1cc(=O)[nH]c(SCC(=O)Nc2ccc(C)c(Cl)c2)n1. The van der Waals surface area contributed by atoms with Gasteiger partial charge in [-0.3, -0.25) is 9.59 Å². The average Bonchev–Trinajstić information content (AvgIpc) is 2.49. The Balaban J connectivity index is 1.96. The molecule has 0 atom stereocenters. The zero-order valence-electron chi connectivity index (χ0n) is 13.0. The smallest absolute Gasteiger partial charge is 0.251 e. The van der Waals surface area contributed by atoms with Crippen LogP contribution >= 0.6 is 23.4 Å². The summed E-state index contributed by atoms with van der Waals surface area (Å²) in [6.07, 6.45) is 1.65. The van der Waals surface area contributed by atoms with Crippen LogP contribution in [0.4, 0.5) is 5.69 Å². The van der Waals surface area contributed by atoms with E-state index in [4.69, 9.17) is 11.6 Å². The molecule has 0 aliphatic carbocycles. The number of hydrogen-bond donors (Lipinski definition) is 2. The lowest BCUT2D eigenvalue weighted by Crippen LogP contribution is -2.16. The lowest BCUT2D eigenvalue weighted by Gasteiger charge is -2.07. The van der Waals surface area contributed by atoms with E-state index in [0.29, 0.717) is 15.9 Å². The Bertz CT molecular complexity index is 761. The molecular formula is C16H18ClN3O2S. The van der Waals surface area contributed by atoms with Crippen LogP contribution in [0.5, 0.6) is 0 Å². The van der Waals surface area contributed by atoms with Gasteiger partial charge in [0.2, 0.25) is 5.91 Å². The third kappa shape index (κ3) is 5.41. The fourth-order valence-electron chi connectivity index (χ4n) is 1.94. The maximum Gasteiger partial charge on any atom is 0.251 e. The third-order valence-electron chi connectivity index (χ3n) is 3.07. The van der Waals surface area contributed by atoms with Crippen LogP contribution in [0.15, 0.2) is 34.2 Å². The second kappa shape index (κ2) is 8.17. The van der Waals surface area contributed by atoms with Gasteiger partial charge >= 0.3 is 0 Å². The second-order valence-corrected chi connectivity index (χ2v) is 6.46. The summed E-state index contributed by atoms with van der Waals surface area (Å²) in [6.45, 7) is 3.92. The summed E-state index contributed by atoms with van der Waals surface area (Å²) in [5, 5.41) is 3.83. The fraction of sp³-hybridized carbons (Fsp3) is 0.312. The van der Waals surface area contributed by atoms with Crippen molar-refractivity contribution in [3.05, 3.63) is 50.9 Å². The van der Waals surface area contributed by atoms with E-state index < -0.39 is 0 Å². The van der Waals surface area contributed by atoms with E-state index in [-0.39, 0.29) is 17.2 Å². The number of hydrogen-bond acceptors (Lipinski definition) is 4. The molecule has 122 valence electrons. The zero-order chi connectivity index (χ0) is 16.8. The molecule has 1 heterocycles. The van der Waals surface area contributed by atoms with Crippen LogP contribution < -0.4 is 10.9 Å². The minimum absolute atomic E-state index is 0.157. The molecule has 0 radical (unpaired) electrons. The predicted octanol–water partition coefficient (Wildman–Crippen LogP) is 3.42. The highest BCUT2D eigenvalue weighted by Crippen LogP contribution is 2.20. The molecule has 0 bridgehead atoms. The van der Waals surface area contributed by atoms with Crippen molar-refractivity contribution in [3.8, 4) is 0 Å². The van der Waals surface area contributed by atoms with Crippen molar-refractivity contribution >= 4 is 35.0 Å². The molecule has 0 saturated carbocycles. The highest BCUT2D eigenvalue weighted by atomic mass is 35.5. The number of nitrogens with zero attached hydrogens (tertiary/aromatic N) is 1. The number of carbonyl (C=O) groups is 1. The number of benzene rings is 1. The molecule has 0 saturated heterocycles. The largest absolute Gasteiger partial charge is 0.325 e. The van der Waals surface area contributed by atoms with Crippen LogP contribution in [-0.2, 0) is 11.2 Å². The van der Waals surface area contributed by atoms with Gasteiger partial charge < -0.3 is 10.3 Å². The van der Waals surface area contributed by atoms with Crippen LogP contribution in [0.25, 0.3) is 0 Å². The van der Waals surface area contributed by atoms with Crippen molar-refractivity contribution in [2.45, 2.75) is 31.8 Å². The third-order valence-corrected chi connectivity index (χ3v) is 4.36. The van der Waals surface area contributed by atoms with Crippen molar-refractivity contribution in [2.75, 3.05) is 11.1 Å². The van der Waals surface area contributed by atoms with Gasteiger partial charge in [-0.2, -0.15) is 0 Å². The van der Waals surface area contributed by atoms with Crippen molar-refractivity contribution in [1.82, 2.24) is 9.97 Å². The second-order valence-electron chi connectivity index (χ2n) is 5.09. The van der Waals surface area contributed by atoms with Crippen LogP contribution in [0.3, 0.4) is 0 Å². The maximum absolute atomic E-state index is 12.0. The molecule has 5 nitrogen and oxygen atoms in total. The van der Waals surface area contributed by atoms with Gasteiger partial charge in [-0.15, -0.1) is 0 Å². The number of aromatic nitrogens is 2. The van der Waals surface area contributed by atoms with Crippen LogP contribution in [0, 0.1) is 6.92 Å². The van der Waals surface area contributed by atoms with Gasteiger partial charge in [0.15, 0.2) is 5.16 Å². The topological polar surface area (TPSA) is 74.8 Å². The first-order valence-corrected chi connectivity index (χ1v) is 8.63. The number of H-pyrrole nitrogens is 1. The molecule has 23 heavy (non-hydrogen) atoms. The molecule has 2 N–H and O–H groups in total. The lowest BCUT2D eigenvalue weighted by atomic mass is 10.2. The fourth-order valence-corrected chi connectivity index (χ4v) is 2.81. The van der Waals surface area contributed by atoms with E-state index in [1.54, 1.807) is 12.1 Å². The Morgan fingerprint density at radius 3 is 2.87 bits per heavy atom. The summed E-state index contributed by atoms with van der Waals surface area (Å²) in [4.78, 5) is 30.5. The maximum atomic E-state index is 12.0. The summed E-state index contributed by atoms with van der Waals surface area (Å²) < 4.78 is 0. The van der Waals surface area contributed by atoms with Gasteiger partial charge in [0, 0.05) is 22.5 Å². The first kappa shape index (κ1) is 17.6. The Labute approximate surface area is 143 Å². The average molecular weight is 352 g/mol. The molecule has 1 aromatic heterocycles. The van der Waals surface area contributed by atoms with Gasteiger partial charge in [-0.1, -0.05) is 42.8 Å². The Hall–Kier alpha value is -1.79. The standard InChI is InChI=1S/C16H18ClN3O2S/c1-3-4-11-8-14(21)20-16(19-11)23-9-15(22)18-12-6-5-10(2)13(17)7-12/h5-8H,3-4,9H2,1-2H3,(H,18,22)(H,19,20,21). The summed E-state index contributed by atoms with van der Waals surface area (Å²) in [5.74, 6) is -0.0252. The molecule has 1 aromatic carbocycles. The summed E-state index contributed by atoms with van der Waals surface area (Å²) >= 11 is 7.23. The molecule has 1 amide bonds. The minimum atomic E-state index is -0.198. The molecule has 0 aliphatic rings. The predicted molar refractivity (Wildman–Crippen MR) is 94.4 cm³/mol. The highest BCUT2D eigenvalue weighted by molar-refractivity contribution is 7.99. The van der Waals surface area contributed by atoms with Crippen molar-refractivity contribution in [2.24, 2.45) is 0 Å². The molecule has 0 fully saturated rings. The van der Waals surface area contributed by atoms with Crippen LogP contribution in [0.1, 0.15) is 24.6 Å². The number of aryl methyl sites for hydroxylation is 2. The first-order chi connectivity index (χ1) is 11.0. The number of anilines is 1. The van der Waals surface area contributed by atoms with Crippen LogP contribution in [-0.4, -0.2) is 21.6 Å². The molecule has 2 aromatic rings. The number of aromatic amines is 1. The van der Waals surface area contributed by atoms with E-state index >= 15 is 0 Å². The van der Waals surface area contributed by atoms with E-state index in [2.05, 4.69) is 15.3 Å². The number of amides is 1. The number of nitrogens with one attached hydrogen (secondary N) is 2. The van der Waals surface area contributed by atoms with Gasteiger partial charge in [0.05, 0.1) is 5.75 Å². The monoisotopic (exact) mass is 351 g/mol. The highest BCUT2D eigenvalue weighted by Gasteiger charge is 2.07. The van der Waals surface area contributed by atoms with Crippen molar-refractivity contribution < 1.29 is 4.79 Å². The van der Waals surface area contributed by atoms with Gasteiger partial charge in [-0.25, -0.2) is 4.98 Å². The first-order valence-electron chi connectivity index (χ1n) is 7.27.